The molecule has 0 radical (unpaired) electrons. The van der Waals surface area contributed by atoms with Crippen LogP contribution in [-0.4, -0.2) is 37.1 Å². The Kier molecular flexibility index (Phi) is 7.71. The molecule has 0 amide bonds. The molecule has 2 nitrogen and oxygen atoms in total. The Hall–Kier alpha value is -0.440. The summed E-state index contributed by atoms with van der Waals surface area (Å²) in [4.78, 5) is 5.26. The highest BCUT2D eigenvalue weighted by Gasteiger charge is 2.24. The Morgan fingerprint density at radius 2 is 1.35 bits per heavy atom. The predicted octanol–water partition coefficient (Wildman–Crippen LogP) is 3.98. The van der Waals surface area contributed by atoms with Crippen LogP contribution in [0.3, 0.4) is 0 Å². The van der Waals surface area contributed by atoms with E-state index in [1.807, 2.05) is 0 Å². The van der Waals surface area contributed by atoms with E-state index in [-0.39, 0.29) is 24.8 Å². The van der Waals surface area contributed by atoms with Crippen LogP contribution < -0.4 is 4.90 Å². The molecule has 114 valence electrons. The van der Waals surface area contributed by atoms with Crippen LogP contribution >= 0.6 is 24.8 Å². The van der Waals surface area contributed by atoms with E-state index in [2.05, 4.69) is 40.1 Å². The quantitative estimate of drug-likeness (QED) is 0.814. The Labute approximate surface area is 135 Å². The van der Waals surface area contributed by atoms with Gasteiger partial charge in [-0.05, 0) is 25.0 Å². The highest BCUT2D eigenvalue weighted by Crippen LogP contribution is 2.24. The van der Waals surface area contributed by atoms with Crippen LogP contribution in [0.1, 0.15) is 32.1 Å². The monoisotopic (exact) mass is 316 g/mol. The summed E-state index contributed by atoms with van der Waals surface area (Å²) in [5.41, 5.74) is 1.39. The first kappa shape index (κ1) is 17.6. The average molecular weight is 317 g/mol. The number of halogens is 2. The normalized spacial score (nSPS) is 20.9. The lowest BCUT2D eigenvalue weighted by Crippen LogP contribution is -2.50. The average Bonchev–Trinajstić information content (AvgIpc) is 2.49. The molecule has 0 aromatic heterocycles. The topological polar surface area (TPSA) is 6.48 Å². The molecule has 1 heterocycles. The van der Waals surface area contributed by atoms with Crippen LogP contribution in [0.4, 0.5) is 5.69 Å². The van der Waals surface area contributed by atoms with Crippen molar-refractivity contribution < 1.29 is 0 Å². The van der Waals surface area contributed by atoms with Crippen molar-refractivity contribution in [3.05, 3.63) is 30.3 Å². The molecule has 2 fully saturated rings. The zero-order valence-electron chi connectivity index (χ0n) is 12.0. The Morgan fingerprint density at radius 1 is 0.750 bits per heavy atom. The second-order valence-corrected chi connectivity index (χ2v) is 5.65. The molecule has 1 aliphatic heterocycles. The first-order chi connectivity index (χ1) is 8.93. The highest BCUT2D eigenvalue weighted by molar-refractivity contribution is 5.85. The lowest BCUT2D eigenvalue weighted by molar-refractivity contribution is 0.148. The van der Waals surface area contributed by atoms with Gasteiger partial charge in [0.05, 0.1) is 0 Å². The Balaban J connectivity index is 0.000001000. The van der Waals surface area contributed by atoms with E-state index in [0.717, 1.165) is 6.04 Å². The molecule has 1 aliphatic carbocycles. The van der Waals surface area contributed by atoms with Crippen LogP contribution in [0.5, 0.6) is 0 Å². The summed E-state index contributed by atoms with van der Waals surface area (Å²) >= 11 is 0. The van der Waals surface area contributed by atoms with Crippen molar-refractivity contribution in [3.63, 3.8) is 0 Å². The van der Waals surface area contributed by atoms with Gasteiger partial charge in [-0.1, -0.05) is 37.5 Å². The number of para-hydroxylation sites is 1. The van der Waals surface area contributed by atoms with E-state index in [9.17, 15) is 0 Å². The summed E-state index contributed by atoms with van der Waals surface area (Å²) in [6, 6.07) is 11.7. The molecule has 1 saturated carbocycles. The van der Waals surface area contributed by atoms with Crippen molar-refractivity contribution in [2.75, 3.05) is 31.1 Å². The summed E-state index contributed by atoms with van der Waals surface area (Å²) < 4.78 is 0. The van der Waals surface area contributed by atoms with Crippen molar-refractivity contribution in [2.45, 2.75) is 38.1 Å². The SMILES string of the molecule is Cl.Cl.c1ccc(N2CCN(C3CCCCC3)CC2)cc1. The fourth-order valence-corrected chi connectivity index (χ4v) is 3.43. The van der Waals surface area contributed by atoms with Gasteiger partial charge in [0.15, 0.2) is 0 Å². The Bertz CT molecular complexity index is 358. The molecule has 0 N–H and O–H groups in total. The van der Waals surface area contributed by atoms with Crippen LogP contribution in [0.15, 0.2) is 30.3 Å². The number of nitrogens with zero attached hydrogens (tertiary/aromatic N) is 2. The summed E-state index contributed by atoms with van der Waals surface area (Å²) in [6.45, 7) is 4.89. The van der Waals surface area contributed by atoms with E-state index in [0.29, 0.717) is 0 Å². The number of rotatable bonds is 2. The molecule has 0 spiro atoms. The summed E-state index contributed by atoms with van der Waals surface area (Å²) in [6.07, 6.45) is 7.23. The smallest absolute Gasteiger partial charge is 0.0367 e. The molecule has 0 atom stereocenters. The number of piperazine rings is 1. The zero-order valence-corrected chi connectivity index (χ0v) is 13.7. The standard InChI is InChI=1S/C16H24N2.2ClH/c1-3-7-15(8-4-1)17-11-13-18(14-12-17)16-9-5-2-6-10-16;;/h1,3-4,7-8,16H,2,5-6,9-14H2;2*1H. The Morgan fingerprint density at radius 3 is 1.95 bits per heavy atom. The number of benzene rings is 1. The van der Waals surface area contributed by atoms with Crippen molar-refractivity contribution in [1.82, 2.24) is 4.90 Å². The molecular formula is C16H26Cl2N2. The highest BCUT2D eigenvalue weighted by atomic mass is 35.5. The third kappa shape index (κ3) is 4.28. The maximum Gasteiger partial charge on any atom is 0.0367 e. The minimum Gasteiger partial charge on any atom is -0.369 e. The third-order valence-corrected chi connectivity index (χ3v) is 4.53. The van der Waals surface area contributed by atoms with Gasteiger partial charge in [0.25, 0.3) is 0 Å². The molecule has 0 bridgehead atoms. The van der Waals surface area contributed by atoms with E-state index in [4.69, 9.17) is 0 Å². The van der Waals surface area contributed by atoms with Gasteiger partial charge in [-0.3, -0.25) is 4.90 Å². The second kappa shape index (κ2) is 8.76. The molecular weight excluding hydrogens is 291 g/mol. The van der Waals surface area contributed by atoms with Crippen LogP contribution in [0, 0.1) is 0 Å². The molecule has 1 aromatic rings. The maximum absolute atomic E-state index is 2.73. The first-order valence-corrected chi connectivity index (χ1v) is 7.47. The minimum atomic E-state index is 0. The fraction of sp³-hybridized carbons (Fsp3) is 0.625. The summed E-state index contributed by atoms with van der Waals surface area (Å²) in [7, 11) is 0. The largest absolute Gasteiger partial charge is 0.369 e. The van der Waals surface area contributed by atoms with Crippen molar-refractivity contribution in [2.24, 2.45) is 0 Å². The van der Waals surface area contributed by atoms with E-state index < -0.39 is 0 Å². The second-order valence-electron chi connectivity index (χ2n) is 5.65. The number of anilines is 1. The van der Waals surface area contributed by atoms with Crippen molar-refractivity contribution >= 4 is 30.5 Å². The van der Waals surface area contributed by atoms with Crippen LogP contribution in [0.2, 0.25) is 0 Å². The van der Waals surface area contributed by atoms with Gasteiger partial charge in [-0.15, -0.1) is 24.8 Å². The van der Waals surface area contributed by atoms with Gasteiger partial charge in [0, 0.05) is 37.9 Å². The predicted molar refractivity (Wildman–Crippen MR) is 91.6 cm³/mol. The first-order valence-electron chi connectivity index (χ1n) is 7.47. The van der Waals surface area contributed by atoms with Crippen molar-refractivity contribution in [3.8, 4) is 0 Å². The van der Waals surface area contributed by atoms with Gasteiger partial charge in [0.2, 0.25) is 0 Å². The van der Waals surface area contributed by atoms with Gasteiger partial charge in [0.1, 0.15) is 0 Å². The lowest BCUT2D eigenvalue weighted by Gasteiger charge is -2.41. The van der Waals surface area contributed by atoms with Crippen LogP contribution in [-0.2, 0) is 0 Å². The van der Waals surface area contributed by atoms with Gasteiger partial charge >= 0.3 is 0 Å². The zero-order chi connectivity index (χ0) is 12.2. The molecule has 3 rings (SSSR count). The van der Waals surface area contributed by atoms with Gasteiger partial charge < -0.3 is 4.90 Å². The fourth-order valence-electron chi connectivity index (χ4n) is 3.43. The third-order valence-electron chi connectivity index (χ3n) is 4.53. The van der Waals surface area contributed by atoms with Crippen molar-refractivity contribution in [1.29, 1.82) is 0 Å². The minimum absolute atomic E-state index is 0. The summed E-state index contributed by atoms with van der Waals surface area (Å²) in [5, 5.41) is 0. The van der Waals surface area contributed by atoms with Gasteiger partial charge in [-0.2, -0.15) is 0 Å². The lowest BCUT2D eigenvalue weighted by atomic mass is 9.94. The number of hydrogen-bond donors (Lipinski definition) is 0. The molecule has 20 heavy (non-hydrogen) atoms. The van der Waals surface area contributed by atoms with Gasteiger partial charge in [-0.25, -0.2) is 0 Å². The molecule has 1 saturated heterocycles. The maximum atomic E-state index is 2.73. The molecule has 1 aromatic carbocycles. The molecule has 2 aliphatic rings. The number of hydrogen-bond acceptors (Lipinski definition) is 2. The van der Waals surface area contributed by atoms with E-state index >= 15 is 0 Å². The molecule has 4 heteroatoms. The van der Waals surface area contributed by atoms with E-state index in [1.165, 1.54) is 64.0 Å². The van der Waals surface area contributed by atoms with Crippen LogP contribution in [0.25, 0.3) is 0 Å². The molecule has 0 unspecified atom stereocenters. The summed E-state index contributed by atoms with van der Waals surface area (Å²) in [5.74, 6) is 0. The van der Waals surface area contributed by atoms with E-state index in [1.54, 1.807) is 0 Å².